The lowest BCUT2D eigenvalue weighted by molar-refractivity contribution is -0.140. The fraction of sp³-hybridized carbons (Fsp3) is 0.194. The number of methoxy groups -OCH3 is 1. The molecule has 0 radical (unpaired) electrons. The summed E-state index contributed by atoms with van der Waals surface area (Å²) in [7, 11) is 1.60. The van der Waals surface area contributed by atoms with Gasteiger partial charge in [-0.05, 0) is 54.3 Å². The van der Waals surface area contributed by atoms with Crippen molar-refractivity contribution < 1.29 is 19.0 Å². The molecule has 0 amide bonds. The zero-order chi connectivity index (χ0) is 32.0. The van der Waals surface area contributed by atoms with Gasteiger partial charge in [-0.3, -0.25) is 0 Å². The monoisotopic (exact) mass is 652 g/mol. The second-order valence-electron chi connectivity index (χ2n) is 10.9. The molecule has 0 bridgehead atoms. The second kappa shape index (κ2) is 14.1. The molecule has 4 aromatic carbocycles. The minimum Gasteiger partial charge on any atom is -0.493 e. The number of fused-ring (bicyclic) bond motifs is 1. The van der Waals surface area contributed by atoms with Crippen LogP contribution in [0.5, 0.6) is 11.5 Å². The first-order valence-electron chi connectivity index (χ1n) is 14.8. The molecule has 0 fully saturated rings. The van der Waals surface area contributed by atoms with E-state index in [1.165, 1.54) is 17.3 Å². The van der Waals surface area contributed by atoms with Crippen molar-refractivity contribution in [2.45, 2.75) is 44.0 Å². The number of anilines is 1. The molecular weight excluding hydrogens is 620 g/mol. The van der Waals surface area contributed by atoms with Gasteiger partial charge < -0.3 is 19.5 Å². The van der Waals surface area contributed by atoms with Crippen molar-refractivity contribution in [3.8, 4) is 11.5 Å². The standard InChI is InChI=1S/C36H33ClN4O4S/c1-23-13-15-26(16-14-23)20-44-30-18-17-27(19-31(30)43-3)33-32(34(42)45-21-25-9-5-4-6-10-25)24(2)38-35-39-36(40-41(33)35)46-22-28-11-7-8-12-29(28)37/h4-19,33H,20-22H2,1-3H3,(H,38,39,40). The SMILES string of the molecule is COc1cc(C2C(C(=O)OCc3ccccc3)=C(C)Nc3nc(SCc4ccccc4Cl)nn32)ccc1OCc1ccc(C)cc1. The Morgan fingerprint density at radius 1 is 0.913 bits per heavy atom. The maximum atomic E-state index is 13.8. The fourth-order valence-electron chi connectivity index (χ4n) is 5.14. The number of hydrogen-bond acceptors (Lipinski definition) is 8. The molecule has 2 heterocycles. The van der Waals surface area contributed by atoms with Gasteiger partial charge in [0.05, 0.1) is 12.7 Å². The summed E-state index contributed by atoms with van der Waals surface area (Å²) in [6, 6.07) is 30.5. The van der Waals surface area contributed by atoms with Gasteiger partial charge in [-0.25, -0.2) is 9.48 Å². The topological polar surface area (TPSA) is 87.5 Å². The third kappa shape index (κ3) is 7.06. The molecule has 0 aliphatic carbocycles. The summed E-state index contributed by atoms with van der Waals surface area (Å²) in [5.41, 5.74) is 5.93. The van der Waals surface area contributed by atoms with Gasteiger partial charge in [0.15, 0.2) is 11.5 Å². The second-order valence-corrected chi connectivity index (χ2v) is 12.2. The molecule has 234 valence electrons. The zero-order valence-electron chi connectivity index (χ0n) is 25.7. The Morgan fingerprint density at radius 3 is 2.41 bits per heavy atom. The predicted octanol–water partition coefficient (Wildman–Crippen LogP) is 8.15. The maximum Gasteiger partial charge on any atom is 0.338 e. The highest BCUT2D eigenvalue weighted by atomic mass is 35.5. The number of hydrogen-bond donors (Lipinski definition) is 1. The number of ether oxygens (including phenoxy) is 3. The number of carbonyl (C=O) groups excluding carboxylic acids is 1. The summed E-state index contributed by atoms with van der Waals surface area (Å²) < 4.78 is 19.5. The highest BCUT2D eigenvalue weighted by Gasteiger charge is 2.36. The zero-order valence-corrected chi connectivity index (χ0v) is 27.3. The molecule has 1 aliphatic heterocycles. The molecule has 1 aromatic heterocycles. The molecule has 0 saturated heterocycles. The van der Waals surface area contributed by atoms with E-state index in [0.717, 1.165) is 22.3 Å². The molecule has 0 spiro atoms. The molecule has 8 nitrogen and oxygen atoms in total. The number of esters is 1. The first-order chi connectivity index (χ1) is 22.4. The van der Waals surface area contributed by atoms with E-state index in [1.807, 2.05) is 91.9 Å². The smallest absolute Gasteiger partial charge is 0.338 e. The van der Waals surface area contributed by atoms with Crippen molar-refractivity contribution in [2.24, 2.45) is 0 Å². The summed E-state index contributed by atoms with van der Waals surface area (Å²) in [4.78, 5) is 18.5. The number of aryl methyl sites for hydroxylation is 1. The molecule has 5 aromatic rings. The van der Waals surface area contributed by atoms with Crippen LogP contribution in [-0.4, -0.2) is 27.8 Å². The van der Waals surface area contributed by atoms with Crippen molar-refractivity contribution in [1.29, 1.82) is 0 Å². The fourth-order valence-corrected chi connectivity index (χ4v) is 6.26. The lowest BCUT2D eigenvalue weighted by Gasteiger charge is -2.28. The molecule has 1 aliphatic rings. The Kier molecular flexibility index (Phi) is 9.61. The normalized spacial score (nSPS) is 14.0. The molecule has 10 heteroatoms. The van der Waals surface area contributed by atoms with E-state index in [1.54, 1.807) is 11.8 Å². The predicted molar refractivity (Wildman–Crippen MR) is 180 cm³/mol. The van der Waals surface area contributed by atoms with E-state index in [9.17, 15) is 4.79 Å². The molecule has 1 unspecified atom stereocenters. The summed E-state index contributed by atoms with van der Waals surface area (Å²) in [6.07, 6.45) is 0. The van der Waals surface area contributed by atoms with E-state index in [0.29, 0.717) is 51.3 Å². The van der Waals surface area contributed by atoms with Gasteiger partial charge in [-0.15, -0.1) is 5.10 Å². The Morgan fingerprint density at radius 2 is 1.65 bits per heavy atom. The van der Waals surface area contributed by atoms with Crippen molar-refractivity contribution >= 4 is 35.3 Å². The third-order valence-electron chi connectivity index (χ3n) is 7.60. The Balaban J connectivity index is 1.32. The first-order valence-corrected chi connectivity index (χ1v) is 16.1. The van der Waals surface area contributed by atoms with Gasteiger partial charge in [0.2, 0.25) is 11.1 Å². The number of allylic oxidation sites excluding steroid dienone is 1. The quantitative estimate of drug-likeness (QED) is 0.113. The number of halogens is 1. The largest absolute Gasteiger partial charge is 0.493 e. The number of nitrogens with zero attached hydrogens (tertiary/aromatic N) is 3. The van der Waals surface area contributed by atoms with Gasteiger partial charge in [0, 0.05) is 16.5 Å². The van der Waals surface area contributed by atoms with E-state index in [4.69, 9.17) is 35.9 Å². The van der Waals surface area contributed by atoms with Gasteiger partial charge >= 0.3 is 5.97 Å². The third-order valence-corrected chi connectivity index (χ3v) is 8.85. The van der Waals surface area contributed by atoms with Crippen LogP contribution in [0.15, 0.2) is 113 Å². The lowest BCUT2D eigenvalue weighted by atomic mass is 9.95. The van der Waals surface area contributed by atoms with Gasteiger partial charge in [0.25, 0.3) is 0 Å². The Hall–Kier alpha value is -4.73. The van der Waals surface area contributed by atoms with E-state index >= 15 is 0 Å². The number of carbonyl (C=O) groups is 1. The number of rotatable bonds is 11. The summed E-state index contributed by atoms with van der Waals surface area (Å²) in [6.45, 7) is 4.42. The number of nitrogens with one attached hydrogen (secondary N) is 1. The van der Waals surface area contributed by atoms with Crippen LogP contribution in [0, 0.1) is 6.92 Å². The molecule has 46 heavy (non-hydrogen) atoms. The minimum absolute atomic E-state index is 0.140. The molecule has 0 saturated carbocycles. The average Bonchev–Trinajstić information content (AvgIpc) is 3.48. The molecular formula is C36H33ClN4O4S. The van der Waals surface area contributed by atoms with Crippen LogP contribution in [0.2, 0.25) is 5.02 Å². The van der Waals surface area contributed by atoms with Crippen LogP contribution < -0.4 is 14.8 Å². The highest BCUT2D eigenvalue weighted by molar-refractivity contribution is 7.98. The van der Waals surface area contributed by atoms with Crippen molar-refractivity contribution in [3.63, 3.8) is 0 Å². The Bertz CT molecular complexity index is 1880. The van der Waals surface area contributed by atoms with Crippen LogP contribution in [0.1, 0.15) is 40.8 Å². The van der Waals surface area contributed by atoms with Crippen molar-refractivity contribution in [1.82, 2.24) is 14.8 Å². The summed E-state index contributed by atoms with van der Waals surface area (Å²) >= 11 is 7.86. The summed E-state index contributed by atoms with van der Waals surface area (Å²) in [5.74, 6) is 1.77. The molecule has 1 atom stereocenters. The number of benzene rings is 4. The Labute approximate surface area is 277 Å². The number of thioether (sulfide) groups is 1. The van der Waals surface area contributed by atoms with Crippen molar-refractivity contribution in [3.05, 3.63) is 141 Å². The summed E-state index contributed by atoms with van der Waals surface area (Å²) in [5, 5.41) is 9.36. The maximum absolute atomic E-state index is 13.8. The van der Waals surface area contributed by atoms with E-state index in [-0.39, 0.29) is 6.61 Å². The van der Waals surface area contributed by atoms with Crippen LogP contribution in [0.3, 0.4) is 0 Å². The molecule has 1 N–H and O–H groups in total. The highest BCUT2D eigenvalue weighted by Crippen LogP contribution is 2.40. The lowest BCUT2D eigenvalue weighted by Crippen LogP contribution is -2.29. The van der Waals surface area contributed by atoms with Crippen LogP contribution in [0.4, 0.5) is 5.95 Å². The average molecular weight is 653 g/mol. The minimum atomic E-state index is -0.637. The van der Waals surface area contributed by atoms with Crippen LogP contribution >= 0.6 is 23.4 Å². The van der Waals surface area contributed by atoms with Crippen LogP contribution in [0.25, 0.3) is 0 Å². The number of aromatic nitrogens is 3. The van der Waals surface area contributed by atoms with Crippen molar-refractivity contribution in [2.75, 3.05) is 12.4 Å². The molecule has 6 rings (SSSR count). The first kappa shape index (κ1) is 31.3. The van der Waals surface area contributed by atoms with E-state index < -0.39 is 12.0 Å². The van der Waals surface area contributed by atoms with Gasteiger partial charge in [0.1, 0.15) is 19.3 Å². The van der Waals surface area contributed by atoms with E-state index in [2.05, 4.69) is 24.4 Å². The van der Waals surface area contributed by atoms with Gasteiger partial charge in [-0.1, -0.05) is 108 Å². The van der Waals surface area contributed by atoms with Crippen LogP contribution in [-0.2, 0) is 28.5 Å². The van der Waals surface area contributed by atoms with Gasteiger partial charge in [-0.2, -0.15) is 4.98 Å².